The molecule has 0 fully saturated rings. The van der Waals surface area contributed by atoms with E-state index in [9.17, 15) is 0 Å². The molecule has 0 unspecified atom stereocenters. The molecule has 170 valence electrons. The van der Waals surface area contributed by atoms with E-state index in [1.54, 1.807) is 30.4 Å². The van der Waals surface area contributed by atoms with E-state index in [1.165, 1.54) is 12.2 Å². The van der Waals surface area contributed by atoms with Gasteiger partial charge >= 0.3 is 0 Å². The van der Waals surface area contributed by atoms with Crippen LogP contribution in [0.4, 0.5) is 0 Å². The van der Waals surface area contributed by atoms with Crippen LogP contribution in [-0.4, -0.2) is 4.57 Å². The summed E-state index contributed by atoms with van der Waals surface area (Å²) in [6, 6.07) is 22.7. The Kier molecular flexibility index (Phi) is 6.79. The normalized spacial score (nSPS) is 11.6. The van der Waals surface area contributed by atoms with Gasteiger partial charge in [0, 0.05) is 5.69 Å². The molecule has 0 bridgehead atoms. The van der Waals surface area contributed by atoms with E-state index in [2.05, 4.69) is 9.69 Å². The SMILES string of the molecule is [C-]#[N+]/C(C#N)=C\C=C\c1ccc(-c2ccc(-c3ccc(/C=C(\C#N)[N+]#[C-])o3)n2-c2ccc(C)cc2)o1. The molecule has 36 heavy (non-hydrogen) atoms. The number of furan rings is 2. The Hall–Kier alpha value is -5.76. The van der Waals surface area contributed by atoms with Gasteiger partial charge in [0.05, 0.1) is 36.7 Å². The first kappa shape index (κ1) is 23.4. The van der Waals surface area contributed by atoms with Gasteiger partial charge in [0.15, 0.2) is 11.5 Å². The second-order valence-electron chi connectivity index (χ2n) is 7.57. The van der Waals surface area contributed by atoms with Gasteiger partial charge in [0.2, 0.25) is 0 Å². The molecule has 0 spiro atoms. The number of hydrogen-bond donors (Lipinski definition) is 0. The highest BCUT2D eigenvalue weighted by Gasteiger charge is 2.18. The summed E-state index contributed by atoms with van der Waals surface area (Å²) >= 11 is 0. The second kappa shape index (κ2) is 10.4. The van der Waals surface area contributed by atoms with Gasteiger partial charge < -0.3 is 13.4 Å². The van der Waals surface area contributed by atoms with E-state index in [1.807, 2.05) is 66.1 Å². The molecule has 0 amide bonds. The topological polar surface area (TPSA) is 87.5 Å². The maximum absolute atomic E-state index is 9.04. The average Bonchev–Trinajstić information content (AvgIpc) is 3.65. The Balaban J connectivity index is 1.78. The standard InChI is InChI=1S/C29H17N5O2/c1-20-7-9-23(10-8-20)34-26(28-15-11-24(35-28)6-4-5-21(18-30)32-2)13-14-27(34)29-16-12-25(36-29)17-22(19-31)33-3/h4-17H,1H3/b6-4+,21-5-,22-17+. The third-order valence-corrected chi connectivity index (χ3v) is 5.20. The van der Waals surface area contributed by atoms with Gasteiger partial charge in [-0.05, 0) is 73.7 Å². The van der Waals surface area contributed by atoms with Gasteiger partial charge in [-0.2, -0.15) is 0 Å². The Bertz CT molecular complexity index is 1650. The van der Waals surface area contributed by atoms with Crippen LogP contribution in [0.5, 0.6) is 0 Å². The Morgan fingerprint density at radius 3 is 1.97 bits per heavy atom. The molecule has 3 heterocycles. The number of aryl methyl sites for hydroxylation is 1. The monoisotopic (exact) mass is 467 g/mol. The van der Waals surface area contributed by atoms with Crippen LogP contribution >= 0.6 is 0 Å². The average molecular weight is 467 g/mol. The lowest BCUT2D eigenvalue weighted by molar-refractivity contribution is 0.563. The van der Waals surface area contributed by atoms with Crippen LogP contribution in [0.2, 0.25) is 0 Å². The number of benzene rings is 1. The minimum atomic E-state index is -0.0604. The van der Waals surface area contributed by atoms with Gasteiger partial charge in [-0.25, -0.2) is 20.2 Å². The van der Waals surface area contributed by atoms with Gasteiger partial charge in [0.25, 0.3) is 11.4 Å². The van der Waals surface area contributed by atoms with Crippen molar-refractivity contribution >= 4 is 12.2 Å². The maximum atomic E-state index is 9.04. The molecule has 0 aliphatic rings. The van der Waals surface area contributed by atoms with E-state index in [-0.39, 0.29) is 11.4 Å². The molecular formula is C29H17N5O2. The molecule has 0 aliphatic heterocycles. The van der Waals surface area contributed by atoms with E-state index < -0.39 is 0 Å². The van der Waals surface area contributed by atoms with Crippen molar-refractivity contribution in [2.24, 2.45) is 0 Å². The lowest BCUT2D eigenvalue weighted by atomic mass is 10.2. The molecule has 0 N–H and O–H groups in total. The fourth-order valence-corrected chi connectivity index (χ4v) is 3.50. The van der Waals surface area contributed by atoms with E-state index in [0.29, 0.717) is 23.0 Å². The van der Waals surface area contributed by atoms with Crippen LogP contribution in [0.3, 0.4) is 0 Å². The summed E-state index contributed by atoms with van der Waals surface area (Å²) in [4.78, 5) is 6.30. The van der Waals surface area contributed by atoms with Gasteiger partial charge in [0.1, 0.15) is 11.5 Å². The van der Waals surface area contributed by atoms with Crippen molar-refractivity contribution in [1.82, 2.24) is 4.57 Å². The first-order valence-electron chi connectivity index (χ1n) is 10.7. The summed E-state index contributed by atoms with van der Waals surface area (Å²) in [5, 5.41) is 17.9. The highest BCUT2D eigenvalue weighted by Crippen LogP contribution is 2.34. The number of allylic oxidation sites excluding steroid dienone is 4. The summed E-state index contributed by atoms with van der Waals surface area (Å²) in [5.41, 5.74) is 3.50. The first-order chi connectivity index (χ1) is 17.6. The minimum absolute atomic E-state index is 0.0122. The zero-order valence-electron chi connectivity index (χ0n) is 19.1. The number of hydrogen-bond acceptors (Lipinski definition) is 4. The molecule has 4 rings (SSSR count). The van der Waals surface area contributed by atoms with Crippen molar-refractivity contribution in [1.29, 1.82) is 10.5 Å². The van der Waals surface area contributed by atoms with Crippen LogP contribution < -0.4 is 0 Å². The molecule has 0 atom stereocenters. The Labute approximate surface area is 208 Å². The van der Waals surface area contributed by atoms with Crippen LogP contribution in [0.25, 0.3) is 50.4 Å². The summed E-state index contributed by atoms with van der Waals surface area (Å²) in [7, 11) is 0. The molecular weight excluding hydrogens is 450 g/mol. The highest BCUT2D eigenvalue weighted by atomic mass is 16.3. The molecule has 4 aromatic rings. The quantitative estimate of drug-likeness (QED) is 0.168. The number of rotatable bonds is 6. The van der Waals surface area contributed by atoms with E-state index in [0.717, 1.165) is 22.6 Å². The van der Waals surface area contributed by atoms with Crippen molar-refractivity contribution in [3.63, 3.8) is 0 Å². The second-order valence-corrected chi connectivity index (χ2v) is 7.57. The van der Waals surface area contributed by atoms with Crippen molar-refractivity contribution < 1.29 is 8.83 Å². The molecule has 0 radical (unpaired) electrons. The molecule has 7 heteroatoms. The van der Waals surface area contributed by atoms with Crippen molar-refractivity contribution in [3.8, 4) is 40.7 Å². The molecule has 3 aromatic heterocycles. The van der Waals surface area contributed by atoms with Gasteiger partial charge in [-0.3, -0.25) is 0 Å². The highest BCUT2D eigenvalue weighted by molar-refractivity contribution is 5.70. The Morgan fingerprint density at radius 1 is 0.806 bits per heavy atom. The molecule has 7 nitrogen and oxygen atoms in total. The molecule has 0 aliphatic carbocycles. The van der Waals surface area contributed by atoms with Crippen molar-refractivity contribution in [2.75, 3.05) is 0 Å². The summed E-state index contributed by atoms with van der Waals surface area (Å²) in [5.74, 6) is 2.15. The van der Waals surface area contributed by atoms with Crippen LogP contribution in [0, 0.1) is 42.7 Å². The number of nitrogens with zero attached hydrogens (tertiary/aromatic N) is 5. The van der Waals surface area contributed by atoms with Crippen molar-refractivity contribution in [2.45, 2.75) is 6.92 Å². The zero-order valence-corrected chi connectivity index (χ0v) is 19.1. The third-order valence-electron chi connectivity index (χ3n) is 5.20. The first-order valence-corrected chi connectivity index (χ1v) is 10.7. The molecule has 1 aromatic carbocycles. The van der Waals surface area contributed by atoms with Crippen molar-refractivity contribution in [3.05, 3.63) is 124 Å². The predicted molar refractivity (Wildman–Crippen MR) is 135 cm³/mol. The number of nitriles is 2. The molecule has 0 saturated carbocycles. The minimum Gasteiger partial charge on any atom is -0.456 e. The third kappa shape index (κ3) is 4.92. The zero-order chi connectivity index (χ0) is 25.5. The van der Waals surface area contributed by atoms with Crippen LogP contribution in [0.1, 0.15) is 17.1 Å². The van der Waals surface area contributed by atoms with Gasteiger partial charge in [-0.15, -0.1) is 0 Å². The van der Waals surface area contributed by atoms with Crippen LogP contribution in [-0.2, 0) is 0 Å². The predicted octanol–water partition coefficient (Wildman–Crippen LogP) is 7.43. The lowest BCUT2D eigenvalue weighted by Gasteiger charge is -2.12. The van der Waals surface area contributed by atoms with Crippen LogP contribution in [0.15, 0.2) is 93.0 Å². The number of aromatic nitrogens is 1. The Morgan fingerprint density at radius 2 is 1.39 bits per heavy atom. The fourth-order valence-electron chi connectivity index (χ4n) is 3.50. The summed E-state index contributed by atoms with van der Waals surface area (Å²) in [6.07, 6.45) is 6.11. The summed E-state index contributed by atoms with van der Waals surface area (Å²) in [6.45, 7) is 16.0. The lowest BCUT2D eigenvalue weighted by Crippen LogP contribution is -1.98. The largest absolute Gasteiger partial charge is 0.456 e. The van der Waals surface area contributed by atoms with E-state index >= 15 is 0 Å². The smallest absolute Gasteiger partial charge is 0.265 e. The van der Waals surface area contributed by atoms with Gasteiger partial charge in [-0.1, -0.05) is 23.8 Å². The molecule has 0 saturated heterocycles. The van der Waals surface area contributed by atoms with E-state index in [4.69, 9.17) is 32.5 Å². The summed E-state index contributed by atoms with van der Waals surface area (Å²) < 4.78 is 14.0. The fraction of sp³-hybridized carbons (Fsp3) is 0.0345. The maximum Gasteiger partial charge on any atom is 0.265 e.